The molecule has 0 fully saturated rings. The van der Waals surface area contributed by atoms with E-state index in [0.717, 1.165) is 5.04 Å². The Labute approximate surface area is 58.9 Å². The molecule has 0 rings (SSSR count). The van der Waals surface area contributed by atoms with Crippen molar-refractivity contribution in [2.45, 2.75) is 6.42 Å². The Morgan fingerprint density at radius 1 is 1.89 bits per heavy atom. The van der Waals surface area contributed by atoms with Gasteiger partial charge in [-0.15, -0.1) is 11.8 Å². The second kappa shape index (κ2) is 5.60. The van der Waals surface area contributed by atoms with Crippen molar-refractivity contribution in [2.24, 2.45) is 10.7 Å². The zero-order valence-corrected chi connectivity index (χ0v) is 6.11. The third-order valence-corrected chi connectivity index (χ3v) is 1.54. The molecule has 0 bridgehead atoms. The van der Waals surface area contributed by atoms with Gasteiger partial charge in [-0.05, 0) is 12.8 Å². The van der Waals surface area contributed by atoms with E-state index in [1.165, 1.54) is 11.8 Å². The molecule has 0 heterocycles. The molecule has 3 nitrogen and oxygen atoms in total. The summed E-state index contributed by atoms with van der Waals surface area (Å²) in [6.45, 7) is 0.557. The van der Waals surface area contributed by atoms with E-state index < -0.39 is 0 Å². The van der Waals surface area contributed by atoms with Crippen molar-refractivity contribution >= 4 is 16.8 Å². The molecular formula is C5H9N3S. The van der Waals surface area contributed by atoms with Crippen LogP contribution in [0.15, 0.2) is 4.99 Å². The lowest BCUT2D eigenvalue weighted by Crippen LogP contribution is -2.04. The van der Waals surface area contributed by atoms with Crippen molar-refractivity contribution in [2.75, 3.05) is 12.8 Å². The summed E-state index contributed by atoms with van der Waals surface area (Å²) < 4.78 is 0. The highest BCUT2D eigenvalue weighted by Crippen LogP contribution is 2.00. The van der Waals surface area contributed by atoms with Crippen LogP contribution in [-0.4, -0.2) is 17.8 Å². The van der Waals surface area contributed by atoms with Crippen LogP contribution in [0.1, 0.15) is 6.42 Å². The minimum Gasteiger partial charge on any atom is -0.330 e. The Morgan fingerprint density at radius 2 is 2.56 bits per heavy atom. The molecule has 0 amide bonds. The van der Waals surface area contributed by atoms with Crippen molar-refractivity contribution in [3.63, 3.8) is 0 Å². The van der Waals surface area contributed by atoms with Crippen LogP contribution < -0.4 is 5.73 Å². The molecule has 0 atom stereocenters. The van der Waals surface area contributed by atoms with Crippen molar-refractivity contribution in [3.8, 4) is 6.19 Å². The van der Waals surface area contributed by atoms with E-state index in [1.807, 2.05) is 6.26 Å². The van der Waals surface area contributed by atoms with Crippen molar-refractivity contribution < 1.29 is 0 Å². The molecule has 9 heavy (non-hydrogen) atoms. The summed E-state index contributed by atoms with van der Waals surface area (Å²) in [5.74, 6) is 0. The van der Waals surface area contributed by atoms with Gasteiger partial charge in [-0.2, -0.15) is 10.3 Å². The number of aliphatic imine (C=N–C) groups is 1. The van der Waals surface area contributed by atoms with E-state index in [-0.39, 0.29) is 0 Å². The molecule has 0 aliphatic carbocycles. The number of nitrogens with zero attached hydrogens (tertiary/aromatic N) is 2. The first-order valence-corrected chi connectivity index (χ1v) is 3.77. The lowest BCUT2D eigenvalue weighted by atomic mass is 10.5. The first-order chi connectivity index (χ1) is 4.35. The number of thioether (sulfide) groups is 1. The van der Waals surface area contributed by atoms with E-state index in [0.29, 0.717) is 13.0 Å². The third-order valence-electron chi connectivity index (χ3n) is 0.769. The van der Waals surface area contributed by atoms with Gasteiger partial charge in [0.05, 0.1) is 5.04 Å². The van der Waals surface area contributed by atoms with E-state index in [2.05, 4.69) is 4.99 Å². The van der Waals surface area contributed by atoms with Crippen molar-refractivity contribution in [3.05, 3.63) is 0 Å². The average Bonchev–Trinajstić information content (AvgIpc) is 1.88. The summed E-state index contributed by atoms with van der Waals surface area (Å²) in [5, 5.41) is 8.91. The summed E-state index contributed by atoms with van der Waals surface area (Å²) in [4.78, 5) is 3.54. The molecule has 0 unspecified atom stereocenters. The van der Waals surface area contributed by atoms with Crippen LogP contribution in [0.25, 0.3) is 0 Å². The highest BCUT2D eigenvalue weighted by Gasteiger charge is 1.92. The van der Waals surface area contributed by atoms with E-state index in [1.54, 1.807) is 6.19 Å². The van der Waals surface area contributed by atoms with Crippen LogP contribution in [0.2, 0.25) is 0 Å². The van der Waals surface area contributed by atoms with Gasteiger partial charge in [0.2, 0.25) is 6.19 Å². The van der Waals surface area contributed by atoms with Gasteiger partial charge in [-0.3, -0.25) is 0 Å². The zero-order valence-electron chi connectivity index (χ0n) is 5.29. The normalized spacial score (nSPS) is 11.0. The number of nitriles is 1. The maximum Gasteiger partial charge on any atom is 0.206 e. The van der Waals surface area contributed by atoms with Gasteiger partial charge < -0.3 is 5.73 Å². The average molecular weight is 143 g/mol. The molecule has 2 N–H and O–H groups in total. The van der Waals surface area contributed by atoms with Crippen molar-refractivity contribution in [1.82, 2.24) is 0 Å². The molecule has 50 valence electrons. The standard InChI is InChI=1S/C5H9N3S/c1-9-5(2-3-6)8-4-7/h2-3,6H2,1H3. The monoisotopic (exact) mass is 143 g/mol. The molecule has 0 spiro atoms. The zero-order chi connectivity index (χ0) is 7.11. The Bertz CT molecular complexity index is 136. The number of hydrogen-bond acceptors (Lipinski definition) is 4. The fourth-order valence-electron chi connectivity index (χ4n) is 0.383. The van der Waals surface area contributed by atoms with Crippen LogP contribution >= 0.6 is 11.8 Å². The second-order valence-corrected chi connectivity index (χ2v) is 2.23. The summed E-state index contributed by atoms with van der Waals surface area (Å²) in [6.07, 6.45) is 4.30. The van der Waals surface area contributed by atoms with E-state index in [9.17, 15) is 0 Å². The minimum atomic E-state index is 0.557. The van der Waals surface area contributed by atoms with Gasteiger partial charge in [0, 0.05) is 6.42 Å². The van der Waals surface area contributed by atoms with Crippen LogP contribution in [-0.2, 0) is 0 Å². The summed E-state index contributed by atoms with van der Waals surface area (Å²) in [7, 11) is 0. The number of hydrogen-bond donors (Lipinski definition) is 1. The first-order valence-electron chi connectivity index (χ1n) is 2.54. The smallest absolute Gasteiger partial charge is 0.206 e. The third kappa shape index (κ3) is 4.01. The van der Waals surface area contributed by atoms with Gasteiger partial charge in [-0.1, -0.05) is 0 Å². The lowest BCUT2D eigenvalue weighted by Gasteiger charge is -1.93. The minimum absolute atomic E-state index is 0.557. The van der Waals surface area contributed by atoms with Gasteiger partial charge in [0.25, 0.3) is 0 Å². The molecule has 0 aromatic heterocycles. The first kappa shape index (κ1) is 8.47. The largest absolute Gasteiger partial charge is 0.330 e. The van der Waals surface area contributed by atoms with Gasteiger partial charge >= 0.3 is 0 Å². The Hall–Kier alpha value is -0.530. The van der Waals surface area contributed by atoms with Crippen LogP contribution in [0.4, 0.5) is 0 Å². The maximum atomic E-state index is 8.10. The summed E-state index contributed by atoms with van der Waals surface area (Å²) in [5.41, 5.74) is 5.23. The molecule has 0 aliphatic heterocycles. The predicted octanol–water partition coefficient (Wildman–Crippen LogP) is 0.578. The van der Waals surface area contributed by atoms with Gasteiger partial charge in [0.15, 0.2) is 0 Å². The Morgan fingerprint density at radius 3 is 2.89 bits per heavy atom. The van der Waals surface area contributed by atoms with Crippen LogP contribution in [0, 0.1) is 11.5 Å². The molecule has 0 radical (unpaired) electrons. The summed E-state index contributed by atoms with van der Waals surface area (Å²) in [6, 6.07) is 0. The fourth-order valence-corrected chi connectivity index (χ4v) is 0.837. The highest BCUT2D eigenvalue weighted by atomic mass is 32.2. The molecule has 0 aromatic rings. The number of nitrogens with two attached hydrogens (primary N) is 1. The van der Waals surface area contributed by atoms with Crippen molar-refractivity contribution in [1.29, 1.82) is 5.26 Å². The predicted molar refractivity (Wildman–Crippen MR) is 40.2 cm³/mol. The second-order valence-electron chi connectivity index (χ2n) is 1.35. The van der Waals surface area contributed by atoms with E-state index >= 15 is 0 Å². The molecule has 0 saturated carbocycles. The molecule has 0 aliphatic rings. The van der Waals surface area contributed by atoms with Gasteiger partial charge in [-0.25, -0.2) is 0 Å². The Kier molecular flexibility index (Phi) is 5.27. The highest BCUT2D eigenvalue weighted by molar-refractivity contribution is 8.13. The molecule has 4 heteroatoms. The quantitative estimate of drug-likeness (QED) is 0.349. The van der Waals surface area contributed by atoms with Gasteiger partial charge in [0.1, 0.15) is 0 Å². The lowest BCUT2D eigenvalue weighted by molar-refractivity contribution is 1.05. The maximum absolute atomic E-state index is 8.10. The SMILES string of the molecule is CSC(CCN)=NC#N. The van der Waals surface area contributed by atoms with E-state index in [4.69, 9.17) is 11.0 Å². The fraction of sp³-hybridized carbons (Fsp3) is 0.600. The topological polar surface area (TPSA) is 62.2 Å². The molecule has 0 aromatic carbocycles. The Balaban J connectivity index is 3.70. The van der Waals surface area contributed by atoms with Crippen LogP contribution in [0.5, 0.6) is 0 Å². The van der Waals surface area contributed by atoms with Crippen LogP contribution in [0.3, 0.4) is 0 Å². The number of rotatable bonds is 2. The molecule has 0 saturated heterocycles. The summed E-state index contributed by atoms with van der Waals surface area (Å²) >= 11 is 1.47. The molecular weight excluding hydrogens is 134 g/mol.